The minimum Gasteiger partial charge on any atom is -0.464 e. The zero-order valence-electron chi connectivity index (χ0n) is 7.52. The molecule has 0 amide bonds. The second kappa shape index (κ2) is 5.26. The fourth-order valence-electron chi connectivity index (χ4n) is 0.826. The first kappa shape index (κ1) is 11.4. The summed E-state index contributed by atoms with van der Waals surface area (Å²) >= 11 is 3.03. The molecule has 0 aromatic heterocycles. The summed E-state index contributed by atoms with van der Waals surface area (Å²) in [6, 6.07) is 2.38. The number of hydrogen-bond donors (Lipinski definition) is 0. The predicted molar refractivity (Wildman–Crippen MR) is 51.2 cm³/mol. The van der Waals surface area contributed by atoms with Gasteiger partial charge in [0.05, 0.1) is 0 Å². The molecule has 0 aliphatic heterocycles. The average molecular weight is 267 g/mol. The van der Waals surface area contributed by atoms with Gasteiger partial charge in [-0.15, -0.1) is 0 Å². The molecule has 1 aromatic carbocycles. The minimum atomic E-state index is -1.01. The standard InChI is InChI=1S/C9H9BrF2O2/c1-2-13-5-14-8-4-6(10)3-7(11)9(8)12/h3-4H,2,5H2,1H3. The molecule has 0 saturated carbocycles. The monoisotopic (exact) mass is 266 g/mol. The zero-order chi connectivity index (χ0) is 10.6. The summed E-state index contributed by atoms with van der Waals surface area (Å²) in [4.78, 5) is 0. The molecule has 0 unspecified atom stereocenters. The summed E-state index contributed by atoms with van der Waals surface area (Å²) in [6.07, 6.45) is 0. The first-order chi connectivity index (χ1) is 6.65. The van der Waals surface area contributed by atoms with Crippen molar-refractivity contribution < 1.29 is 18.3 Å². The van der Waals surface area contributed by atoms with Gasteiger partial charge >= 0.3 is 0 Å². The van der Waals surface area contributed by atoms with E-state index >= 15 is 0 Å². The summed E-state index contributed by atoms with van der Waals surface area (Å²) in [7, 11) is 0. The maximum absolute atomic E-state index is 13.0. The molecule has 0 bridgehead atoms. The predicted octanol–water partition coefficient (Wildman–Crippen LogP) is 3.10. The minimum absolute atomic E-state index is 0.0939. The molecule has 0 N–H and O–H groups in total. The van der Waals surface area contributed by atoms with E-state index in [0.717, 1.165) is 6.07 Å². The first-order valence-corrected chi connectivity index (χ1v) is 4.79. The molecule has 0 aliphatic carbocycles. The summed E-state index contributed by atoms with van der Waals surface area (Å²) < 4.78 is 36.0. The number of rotatable bonds is 4. The van der Waals surface area contributed by atoms with Crippen molar-refractivity contribution in [2.75, 3.05) is 13.4 Å². The lowest BCUT2D eigenvalue weighted by atomic mass is 10.3. The summed E-state index contributed by atoms with van der Waals surface area (Å²) in [5.74, 6) is -2.12. The third-order valence-corrected chi connectivity index (χ3v) is 1.92. The Hall–Kier alpha value is -0.680. The van der Waals surface area contributed by atoms with Crippen LogP contribution in [0.1, 0.15) is 6.92 Å². The van der Waals surface area contributed by atoms with Gasteiger partial charge in [-0.05, 0) is 19.1 Å². The van der Waals surface area contributed by atoms with Crippen LogP contribution in [0.15, 0.2) is 16.6 Å². The van der Waals surface area contributed by atoms with E-state index in [0.29, 0.717) is 11.1 Å². The molecule has 1 aromatic rings. The Bertz CT molecular complexity index is 318. The van der Waals surface area contributed by atoms with E-state index in [1.54, 1.807) is 6.92 Å². The molecule has 0 saturated heterocycles. The van der Waals surface area contributed by atoms with E-state index in [1.807, 2.05) is 0 Å². The number of halogens is 3. The van der Waals surface area contributed by atoms with Gasteiger partial charge < -0.3 is 9.47 Å². The Morgan fingerprint density at radius 1 is 1.36 bits per heavy atom. The SMILES string of the molecule is CCOCOc1cc(Br)cc(F)c1F. The van der Waals surface area contributed by atoms with Crippen molar-refractivity contribution in [3.63, 3.8) is 0 Å². The molecule has 78 valence electrons. The van der Waals surface area contributed by atoms with Gasteiger partial charge in [0.1, 0.15) is 0 Å². The molecular formula is C9H9BrF2O2. The van der Waals surface area contributed by atoms with Crippen LogP contribution in [0.4, 0.5) is 8.78 Å². The van der Waals surface area contributed by atoms with Gasteiger partial charge in [0.2, 0.25) is 5.82 Å². The molecule has 5 heteroatoms. The molecular weight excluding hydrogens is 258 g/mol. The molecule has 14 heavy (non-hydrogen) atoms. The lowest BCUT2D eigenvalue weighted by Crippen LogP contribution is -2.04. The van der Waals surface area contributed by atoms with E-state index in [1.165, 1.54) is 6.07 Å². The number of hydrogen-bond acceptors (Lipinski definition) is 2. The molecule has 0 spiro atoms. The van der Waals surface area contributed by atoms with Gasteiger partial charge in [0.25, 0.3) is 0 Å². The highest BCUT2D eigenvalue weighted by molar-refractivity contribution is 9.10. The molecule has 1 rings (SSSR count). The Labute approximate surface area is 89.0 Å². The fourth-order valence-corrected chi connectivity index (χ4v) is 1.23. The van der Waals surface area contributed by atoms with Crippen LogP contribution < -0.4 is 4.74 Å². The maximum atomic E-state index is 13.0. The van der Waals surface area contributed by atoms with Crippen molar-refractivity contribution in [3.05, 3.63) is 28.2 Å². The van der Waals surface area contributed by atoms with Crippen LogP contribution >= 0.6 is 15.9 Å². The Morgan fingerprint density at radius 3 is 2.71 bits per heavy atom. The van der Waals surface area contributed by atoms with Gasteiger partial charge in [-0.1, -0.05) is 15.9 Å². The topological polar surface area (TPSA) is 18.5 Å². The zero-order valence-corrected chi connectivity index (χ0v) is 9.11. The smallest absolute Gasteiger partial charge is 0.200 e. The Balaban J connectivity index is 2.75. The second-order valence-electron chi connectivity index (χ2n) is 2.45. The third kappa shape index (κ3) is 2.92. The molecule has 0 fully saturated rings. The Morgan fingerprint density at radius 2 is 2.07 bits per heavy atom. The van der Waals surface area contributed by atoms with Crippen molar-refractivity contribution in [1.82, 2.24) is 0 Å². The quantitative estimate of drug-likeness (QED) is 0.474. The van der Waals surface area contributed by atoms with Crippen LogP contribution in [-0.4, -0.2) is 13.4 Å². The second-order valence-corrected chi connectivity index (χ2v) is 3.37. The lowest BCUT2D eigenvalue weighted by molar-refractivity contribution is 0.0197. The van der Waals surface area contributed by atoms with Gasteiger partial charge in [0.15, 0.2) is 18.4 Å². The largest absolute Gasteiger partial charge is 0.464 e. The van der Waals surface area contributed by atoms with E-state index in [9.17, 15) is 8.78 Å². The van der Waals surface area contributed by atoms with Crippen LogP contribution in [0.3, 0.4) is 0 Å². The summed E-state index contributed by atoms with van der Waals surface area (Å²) in [6.45, 7) is 2.14. The highest BCUT2D eigenvalue weighted by Gasteiger charge is 2.10. The fraction of sp³-hybridized carbons (Fsp3) is 0.333. The summed E-state index contributed by atoms with van der Waals surface area (Å²) in [5, 5.41) is 0. The van der Waals surface area contributed by atoms with Crippen molar-refractivity contribution in [1.29, 1.82) is 0 Å². The van der Waals surface area contributed by atoms with Gasteiger partial charge in [-0.3, -0.25) is 0 Å². The molecule has 2 nitrogen and oxygen atoms in total. The van der Waals surface area contributed by atoms with E-state index in [2.05, 4.69) is 15.9 Å². The highest BCUT2D eigenvalue weighted by Crippen LogP contribution is 2.25. The van der Waals surface area contributed by atoms with E-state index in [4.69, 9.17) is 9.47 Å². The first-order valence-electron chi connectivity index (χ1n) is 4.00. The van der Waals surface area contributed by atoms with Crippen molar-refractivity contribution in [3.8, 4) is 5.75 Å². The number of benzene rings is 1. The molecule has 0 atom stereocenters. The van der Waals surface area contributed by atoms with E-state index in [-0.39, 0.29) is 12.5 Å². The Kier molecular flexibility index (Phi) is 4.28. The normalized spacial score (nSPS) is 10.3. The maximum Gasteiger partial charge on any atom is 0.200 e. The summed E-state index contributed by atoms with van der Waals surface area (Å²) in [5.41, 5.74) is 0. The van der Waals surface area contributed by atoms with Crippen molar-refractivity contribution in [2.45, 2.75) is 6.92 Å². The van der Waals surface area contributed by atoms with Crippen LogP contribution in [0.5, 0.6) is 5.75 Å². The van der Waals surface area contributed by atoms with Gasteiger partial charge in [-0.2, -0.15) is 4.39 Å². The molecule has 0 radical (unpaired) electrons. The van der Waals surface area contributed by atoms with E-state index < -0.39 is 11.6 Å². The van der Waals surface area contributed by atoms with Crippen molar-refractivity contribution in [2.24, 2.45) is 0 Å². The van der Waals surface area contributed by atoms with Crippen LogP contribution in [-0.2, 0) is 4.74 Å². The average Bonchev–Trinajstić information content (AvgIpc) is 2.13. The molecule has 0 heterocycles. The number of ether oxygens (including phenoxy) is 2. The molecule has 0 aliphatic rings. The van der Waals surface area contributed by atoms with Gasteiger partial charge in [0, 0.05) is 11.1 Å². The van der Waals surface area contributed by atoms with Crippen LogP contribution in [0.25, 0.3) is 0 Å². The third-order valence-electron chi connectivity index (χ3n) is 1.46. The van der Waals surface area contributed by atoms with Crippen LogP contribution in [0, 0.1) is 11.6 Å². The highest BCUT2D eigenvalue weighted by atomic mass is 79.9. The lowest BCUT2D eigenvalue weighted by Gasteiger charge is -2.07. The van der Waals surface area contributed by atoms with Crippen molar-refractivity contribution >= 4 is 15.9 Å². The van der Waals surface area contributed by atoms with Crippen LogP contribution in [0.2, 0.25) is 0 Å². The van der Waals surface area contributed by atoms with Gasteiger partial charge in [-0.25, -0.2) is 4.39 Å².